The Balaban J connectivity index is 2.34. The molecule has 0 spiro atoms. The van der Waals surface area contributed by atoms with Crippen molar-refractivity contribution >= 4 is 28.9 Å². The van der Waals surface area contributed by atoms with Crippen LogP contribution in [0.15, 0.2) is 36.4 Å². The van der Waals surface area contributed by atoms with E-state index in [0.29, 0.717) is 27.2 Å². The molecule has 4 heteroatoms. The Morgan fingerprint density at radius 3 is 2.35 bits per heavy atom. The highest BCUT2D eigenvalue weighted by Gasteiger charge is 2.05. The number of rotatable bonds is 2. The SMILES string of the molecule is Cc1cccc(Oc2cc(Cl)cc(Cl)c2)c1N. The second kappa shape index (κ2) is 4.86. The van der Waals surface area contributed by atoms with Crippen molar-refractivity contribution in [1.82, 2.24) is 0 Å². The van der Waals surface area contributed by atoms with Crippen molar-refractivity contribution in [2.45, 2.75) is 6.92 Å². The lowest BCUT2D eigenvalue weighted by atomic mass is 10.2. The van der Waals surface area contributed by atoms with Crippen molar-refractivity contribution in [3.63, 3.8) is 0 Å². The number of hydrogen-bond acceptors (Lipinski definition) is 2. The van der Waals surface area contributed by atoms with Crippen LogP contribution < -0.4 is 10.5 Å². The minimum atomic E-state index is 0.527. The first-order valence-electron chi connectivity index (χ1n) is 5.05. The molecule has 0 aliphatic rings. The fraction of sp³-hybridized carbons (Fsp3) is 0.0769. The first-order chi connectivity index (χ1) is 8.06. The lowest BCUT2D eigenvalue weighted by Crippen LogP contribution is -1.94. The number of para-hydroxylation sites is 1. The van der Waals surface area contributed by atoms with Gasteiger partial charge in [-0.1, -0.05) is 35.3 Å². The summed E-state index contributed by atoms with van der Waals surface area (Å²) in [6.45, 7) is 1.92. The van der Waals surface area contributed by atoms with Crippen molar-refractivity contribution < 1.29 is 4.74 Å². The standard InChI is InChI=1S/C13H11Cl2NO/c1-8-3-2-4-12(13(8)16)17-11-6-9(14)5-10(15)7-11/h2-7H,16H2,1H3. The van der Waals surface area contributed by atoms with Gasteiger partial charge in [-0.3, -0.25) is 0 Å². The summed E-state index contributed by atoms with van der Waals surface area (Å²) in [4.78, 5) is 0. The van der Waals surface area contributed by atoms with Crippen LogP contribution in [0.4, 0.5) is 5.69 Å². The van der Waals surface area contributed by atoms with Gasteiger partial charge in [0.15, 0.2) is 5.75 Å². The third kappa shape index (κ3) is 2.84. The maximum absolute atomic E-state index is 5.92. The topological polar surface area (TPSA) is 35.2 Å². The number of benzene rings is 2. The molecule has 2 N–H and O–H groups in total. The summed E-state index contributed by atoms with van der Waals surface area (Å²) >= 11 is 11.8. The minimum Gasteiger partial charge on any atom is -0.455 e. The molecular weight excluding hydrogens is 257 g/mol. The van der Waals surface area contributed by atoms with E-state index < -0.39 is 0 Å². The van der Waals surface area contributed by atoms with Crippen LogP contribution in [0.5, 0.6) is 11.5 Å². The highest BCUT2D eigenvalue weighted by atomic mass is 35.5. The molecule has 0 atom stereocenters. The molecule has 2 aromatic carbocycles. The lowest BCUT2D eigenvalue weighted by molar-refractivity contribution is 0.485. The van der Waals surface area contributed by atoms with Gasteiger partial charge in [-0.05, 0) is 36.8 Å². The van der Waals surface area contributed by atoms with Crippen LogP contribution in [0.3, 0.4) is 0 Å². The van der Waals surface area contributed by atoms with Gasteiger partial charge in [-0.15, -0.1) is 0 Å². The van der Waals surface area contributed by atoms with Crippen molar-refractivity contribution in [2.24, 2.45) is 0 Å². The Morgan fingerprint density at radius 1 is 1.06 bits per heavy atom. The number of ether oxygens (including phenoxy) is 1. The van der Waals surface area contributed by atoms with E-state index in [2.05, 4.69) is 0 Å². The molecule has 0 unspecified atom stereocenters. The van der Waals surface area contributed by atoms with E-state index in [1.807, 2.05) is 19.1 Å². The van der Waals surface area contributed by atoms with E-state index in [4.69, 9.17) is 33.7 Å². The summed E-state index contributed by atoms with van der Waals surface area (Å²) in [5.41, 5.74) is 7.50. The Labute approximate surface area is 110 Å². The molecular formula is C13H11Cl2NO. The second-order valence-electron chi connectivity index (χ2n) is 3.69. The normalized spacial score (nSPS) is 10.3. The maximum atomic E-state index is 5.92. The summed E-state index contributed by atoms with van der Waals surface area (Å²) in [7, 11) is 0. The average molecular weight is 268 g/mol. The molecule has 0 heterocycles. The summed E-state index contributed by atoms with van der Waals surface area (Å²) in [5, 5.41) is 1.05. The number of hydrogen-bond donors (Lipinski definition) is 1. The van der Waals surface area contributed by atoms with Gasteiger partial charge in [-0.2, -0.15) is 0 Å². The zero-order valence-corrected chi connectivity index (χ0v) is 10.7. The molecule has 2 nitrogen and oxygen atoms in total. The van der Waals surface area contributed by atoms with E-state index in [9.17, 15) is 0 Å². The van der Waals surface area contributed by atoms with E-state index >= 15 is 0 Å². The maximum Gasteiger partial charge on any atom is 0.150 e. The fourth-order valence-corrected chi connectivity index (χ4v) is 1.96. The highest BCUT2D eigenvalue weighted by Crippen LogP contribution is 2.32. The lowest BCUT2D eigenvalue weighted by Gasteiger charge is -2.10. The van der Waals surface area contributed by atoms with Gasteiger partial charge in [0.05, 0.1) is 5.69 Å². The third-order valence-corrected chi connectivity index (χ3v) is 2.78. The number of anilines is 1. The van der Waals surface area contributed by atoms with Crippen LogP contribution in [0, 0.1) is 6.92 Å². The monoisotopic (exact) mass is 267 g/mol. The van der Waals surface area contributed by atoms with Crippen LogP contribution in [-0.2, 0) is 0 Å². The smallest absolute Gasteiger partial charge is 0.150 e. The largest absolute Gasteiger partial charge is 0.455 e. The molecule has 0 bridgehead atoms. The van der Waals surface area contributed by atoms with E-state index in [1.54, 1.807) is 24.3 Å². The Morgan fingerprint density at radius 2 is 1.71 bits per heavy atom. The van der Waals surface area contributed by atoms with Crippen molar-refractivity contribution in [1.29, 1.82) is 0 Å². The van der Waals surface area contributed by atoms with Gasteiger partial charge in [0.25, 0.3) is 0 Å². The van der Waals surface area contributed by atoms with Crippen LogP contribution in [0.2, 0.25) is 10.0 Å². The first-order valence-corrected chi connectivity index (χ1v) is 5.81. The quantitative estimate of drug-likeness (QED) is 0.803. The predicted octanol–water partition coefficient (Wildman–Crippen LogP) is 4.68. The van der Waals surface area contributed by atoms with Gasteiger partial charge >= 0.3 is 0 Å². The van der Waals surface area contributed by atoms with Crippen LogP contribution in [0.1, 0.15) is 5.56 Å². The Hall–Kier alpha value is -1.38. The van der Waals surface area contributed by atoms with E-state index in [-0.39, 0.29) is 0 Å². The summed E-state index contributed by atoms with van der Waals surface area (Å²) in [5.74, 6) is 1.17. The van der Waals surface area contributed by atoms with Crippen LogP contribution in [0.25, 0.3) is 0 Å². The second-order valence-corrected chi connectivity index (χ2v) is 4.57. The average Bonchev–Trinajstić information content (AvgIpc) is 2.23. The Bertz CT molecular complexity index is 535. The van der Waals surface area contributed by atoms with Crippen molar-refractivity contribution in [3.05, 3.63) is 52.0 Å². The number of nitrogens with two attached hydrogens (primary N) is 1. The molecule has 2 aromatic rings. The number of halogens is 2. The zero-order valence-electron chi connectivity index (χ0n) is 9.21. The van der Waals surface area contributed by atoms with Gasteiger partial charge in [0.1, 0.15) is 5.75 Å². The van der Waals surface area contributed by atoms with Crippen molar-refractivity contribution in [3.8, 4) is 11.5 Å². The van der Waals surface area contributed by atoms with Gasteiger partial charge in [-0.25, -0.2) is 0 Å². The third-order valence-electron chi connectivity index (χ3n) is 2.35. The molecule has 0 fully saturated rings. The van der Waals surface area contributed by atoms with E-state index in [0.717, 1.165) is 5.56 Å². The Kier molecular flexibility index (Phi) is 3.46. The van der Waals surface area contributed by atoms with E-state index in [1.165, 1.54) is 0 Å². The molecule has 88 valence electrons. The molecule has 0 aliphatic carbocycles. The fourth-order valence-electron chi connectivity index (χ4n) is 1.46. The zero-order chi connectivity index (χ0) is 12.4. The van der Waals surface area contributed by atoms with Crippen LogP contribution >= 0.6 is 23.2 Å². The molecule has 0 aliphatic heterocycles. The first kappa shape index (κ1) is 12.1. The highest BCUT2D eigenvalue weighted by molar-refractivity contribution is 6.34. The molecule has 0 amide bonds. The molecule has 0 saturated carbocycles. The molecule has 0 radical (unpaired) electrons. The molecule has 0 aromatic heterocycles. The molecule has 17 heavy (non-hydrogen) atoms. The van der Waals surface area contributed by atoms with Gasteiger partial charge < -0.3 is 10.5 Å². The molecule has 2 rings (SSSR count). The number of nitrogen functional groups attached to an aromatic ring is 1. The predicted molar refractivity (Wildman–Crippen MR) is 72.1 cm³/mol. The van der Waals surface area contributed by atoms with Gasteiger partial charge in [0, 0.05) is 10.0 Å². The number of aryl methyl sites for hydroxylation is 1. The summed E-state index contributed by atoms with van der Waals surface area (Å²) < 4.78 is 5.66. The summed E-state index contributed by atoms with van der Waals surface area (Å²) in [6.07, 6.45) is 0. The van der Waals surface area contributed by atoms with Crippen LogP contribution in [-0.4, -0.2) is 0 Å². The molecule has 0 saturated heterocycles. The summed E-state index contributed by atoms with van der Waals surface area (Å²) in [6, 6.07) is 10.6. The van der Waals surface area contributed by atoms with Gasteiger partial charge in [0.2, 0.25) is 0 Å². The minimum absolute atomic E-state index is 0.527. The van der Waals surface area contributed by atoms with Crippen molar-refractivity contribution in [2.75, 3.05) is 5.73 Å².